The highest BCUT2D eigenvalue weighted by atomic mass is 79.9. The second-order valence-corrected chi connectivity index (χ2v) is 3.96. The molecule has 2 nitrogen and oxygen atoms in total. The summed E-state index contributed by atoms with van der Waals surface area (Å²) in [4.78, 5) is 0. The molecule has 76 valence electrons. The van der Waals surface area contributed by atoms with Crippen LogP contribution in [0, 0.1) is 0 Å². The summed E-state index contributed by atoms with van der Waals surface area (Å²) in [5, 5.41) is 0.875. The third kappa shape index (κ3) is 2.35. The van der Waals surface area contributed by atoms with Gasteiger partial charge < -0.3 is 9.47 Å². The van der Waals surface area contributed by atoms with Gasteiger partial charge in [0.2, 0.25) is 0 Å². The summed E-state index contributed by atoms with van der Waals surface area (Å²) in [6.45, 7) is 0.774. The van der Waals surface area contributed by atoms with Crippen LogP contribution in [0.15, 0.2) is 30.3 Å². The molecule has 2 rings (SSSR count). The third-order valence-electron chi connectivity index (χ3n) is 2.27. The maximum atomic E-state index is 5.75. The van der Waals surface area contributed by atoms with Crippen molar-refractivity contribution >= 4 is 15.9 Å². The SMILES string of the molecule is BrCC1CCOC(c2ccccc2)O1. The fraction of sp³-hybridized carbons (Fsp3) is 0.455. The van der Waals surface area contributed by atoms with Crippen molar-refractivity contribution in [2.45, 2.75) is 18.8 Å². The average molecular weight is 257 g/mol. The zero-order valence-electron chi connectivity index (χ0n) is 7.86. The Morgan fingerprint density at radius 1 is 1.29 bits per heavy atom. The summed E-state index contributed by atoms with van der Waals surface area (Å²) in [5.74, 6) is 0. The van der Waals surface area contributed by atoms with Gasteiger partial charge in [0, 0.05) is 10.9 Å². The first-order valence-corrected chi connectivity index (χ1v) is 5.90. The average Bonchev–Trinajstić information content (AvgIpc) is 2.30. The molecule has 2 unspecified atom stereocenters. The third-order valence-corrected chi connectivity index (χ3v) is 2.99. The van der Waals surface area contributed by atoms with Crippen molar-refractivity contribution in [1.82, 2.24) is 0 Å². The van der Waals surface area contributed by atoms with Crippen LogP contribution in [-0.4, -0.2) is 18.0 Å². The lowest BCUT2D eigenvalue weighted by Crippen LogP contribution is -2.27. The van der Waals surface area contributed by atoms with Crippen LogP contribution in [0.2, 0.25) is 0 Å². The van der Waals surface area contributed by atoms with Crippen LogP contribution in [0.3, 0.4) is 0 Å². The van der Waals surface area contributed by atoms with Crippen molar-refractivity contribution in [2.24, 2.45) is 0 Å². The summed E-state index contributed by atoms with van der Waals surface area (Å²) < 4.78 is 11.3. The van der Waals surface area contributed by atoms with Crippen molar-refractivity contribution in [3.05, 3.63) is 35.9 Å². The van der Waals surface area contributed by atoms with Crippen LogP contribution in [0.1, 0.15) is 18.3 Å². The molecule has 0 aromatic heterocycles. The molecule has 0 radical (unpaired) electrons. The minimum absolute atomic E-state index is 0.188. The predicted molar refractivity (Wildman–Crippen MR) is 58.4 cm³/mol. The quantitative estimate of drug-likeness (QED) is 0.758. The van der Waals surface area contributed by atoms with Crippen molar-refractivity contribution in [3.63, 3.8) is 0 Å². The lowest BCUT2D eigenvalue weighted by molar-refractivity contribution is -0.210. The highest BCUT2D eigenvalue weighted by molar-refractivity contribution is 9.09. The molecule has 1 aliphatic rings. The summed E-state index contributed by atoms with van der Waals surface area (Å²) in [5.41, 5.74) is 1.10. The molecule has 1 saturated heterocycles. The van der Waals surface area contributed by atoms with Crippen molar-refractivity contribution in [3.8, 4) is 0 Å². The summed E-state index contributed by atoms with van der Waals surface area (Å²) in [6, 6.07) is 10.1. The Morgan fingerprint density at radius 2 is 2.07 bits per heavy atom. The Balaban J connectivity index is 2.04. The van der Waals surface area contributed by atoms with Crippen molar-refractivity contribution in [1.29, 1.82) is 0 Å². The Hall–Kier alpha value is -0.380. The van der Waals surface area contributed by atoms with Crippen molar-refractivity contribution in [2.75, 3.05) is 11.9 Å². The molecule has 0 N–H and O–H groups in total. The molecule has 3 heteroatoms. The van der Waals surface area contributed by atoms with E-state index in [0.29, 0.717) is 0 Å². The first-order chi connectivity index (χ1) is 6.90. The molecule has 0 spiro atoms. The van der Waals surface area contributed by atoms with Gasteiger partial charge in [-0.05, 0) is 6.42 Å². The zero-order chi connectivity index (χ0) is 9.80. The van der Waals surface area contributed by atoms with E-state index in [1.165, 1.54) is 0 Å². The minimum Gasteiger partial charge on any atom is -0.348 e. The van der Waals surface area contributed by atoms with Gasteiger partial charge >= 0.3 is 0 Å². The summed E-state index contributed by atoms with van der Waals surface area (Å²) in [6.07, 6.45) is 1.05. The zero-order valence-corrected chi connectivity index (χ0v) is 9.44. The van der Waals surface area contributed by atoms with Gasteiger partial charge in [-0.3, -0.25) is 0 Å². The molecular weight excluding hydrogens is 244 g/mol. The van der Waals surface area contributed by atoms with Crippen LogP contribution < -0.4 is 0 Å². The van der Waals surface area contributed by atoms with Gasteiger partial charge in [0.05, 0.1) is 12.7 Å². The first-order valence-electron chi connectivity index (χ1n) is 4.78. The Morgan fingerprint density at radius 3 is 2.79 bits per heavy atom. The van der Waals surface area contributed by atoms with Crippen LogP contribution in [0.4, 0.5) is 0 Å². The largest absolute Gasteiger partial charge is 0.348 e. The number of benzene rings is 1. The number of alkyl halides is 1. The second kappa shape index (κ2) is 4.91. The van der Waals surface area contributed by atoms with Crippen LogP contribution in [-0.2, 0) is 9.47 Å². The molecule has 1 aliphatic heterocycles. The highest BCUT2D eigenvalue weighted by Gasteiger charge is 2.22. The number of ether oxygens (including phenoxy) is 2. The molecule has 1 heterocycles. The standard InChI is InChI=1S/C11H13BrO2/c12-8-10-6-7-13-11(14-10)9-4-2-1-3-5-9/h1-5,10-11H,6-8H2. The maximum absolute atomic E-state index is 5.75. The van der Waals surface area contributed by atoms with Crippen molar-refractivity contribution < 1.29 is 9.47 Å². The van der Waals surface area contributed by atoms with E-state index in [1.54, 1.807) is 0 Å². The lowest BCUT2D eigenvalue weighted by Gasteiger charge is -2.29. The van der Waals surface area contributed by atoms with Crippen LogP contribution in [0.25, 0.3) is 0 Å². The molecular formula is C11H13BrO2. The van der Waals surface area contributed by atoms with E-state index >= 15 is 0 Å². The summed E-state index contributed by atoms with van der Waals surface area (Å²) >= 11 is 3.43. The smallest absolute Gasteiger partial charge is 0.184 e. The van der Waals surface area contributed by atoms with Gasteiger partial charge in [-0.1, -0.05) is 46.3 Å². The van der Waals surface area contributed by atoms with Gasteiger partial charge in [0.25, 0.3) is 0 Å². The molecule has 0 aliphatic carbocycles. The van der Waals surface area contributed by atoms with Crippen LogP contribution in [0.5, 0.6) is 0 Å². The van der Waals surface area contributed by atoms with Crippen LogP contribution >= 0.6 is 15.9 Å². The van der Waals surface area contributed by atoms with E-state index in [4.69, 9.17) is 9.47 Å². The molecule has 1 fully saturated rings. The lowest BCUT2D eigenvalue weighted by atomic mass is 10.2. The van der Waals surface area contributed by atoms with E-state index in [0.717, 1.165) is 23.9 Å². The maximum Gasteiger partial charge on any atom is 0.184 e. The molecule has 0 bridgehead atoms. The van der Waals surface area contributed by atoms with Gasteiger partial charge in [-0.2, -0.15) is 0 Å². The van der Waals surface area contributed by atoms with E-state index in [9.17, 15) is 0 Å². The fourth-order valence-corrected chi connectivity index (χ4v) is 1.96. The highest BCUT2D eigenvalue weighted by Crippen LogP contribution is 2.26. The molecule has 1 aromatic rings. The number of hydrogen-bond acceptors (Lipinski definition) is 2. The van der Waals surface area contributed by atoms with Gasteiger partial charge in [-0.15, -0.1) is 0 Å². The molecule has 1 aromatic carbocycles. The molecule has 0 amide bonds. The summed E-state index contributed by atoms with van der Waals surface area (Å²) in [7, 11) is 0. The predicted octanol–water partition coefficient (Wildman–Crippen LogP) is 2.89. The topological polar surface area (TPSA) is 18.5 Å². The van der Waals surface area contributed by atoms with Gasteiger partial charge in [0.1, 0.15) is 0 Å². The number of hydrogen-bond donors (Lipinski definition) is 0. The number of halogens is 1. The normalized spacial score (nSPS) is 27.5. The van der Waals surface area contributed by atoms with E-state index in [2.05, 4.69) is 15.9 Å². The number of rotatable bonds is 2. The first kappa shape index (κ1) is 10.1. The fourth-order valence-electron chi connectivity index (χ4n) is 1.49. The molecule has 14 heavy (non-hydrogen) atoms. The molecule has 2 atom stereocenters. The Bertz CT molecular complexity index is 276. The Kier molecular flexibility index (Phi) is 3.56. The van der Waals surface area contributed by atoms with Gasteiger partial charge in [0.15, 0.2) is 6.29 Å². The van der Waals surface area contributed by atoms with E-state index < -0.39 is 0 Å². The Labute approximate surface area is 92.3 Å². The molecule has 0 saturated carbocycles. The van der Waals surface area contributed by atoms with E-state index in [-0.39, 0.29) is 12.4 Å². The van der Waals surface area contributed by atoms with E-state index in [1.807, 2.05) is 30.3 Å². The monoisotopic (exact) mass is 256 g/mol. The van der Waals surface area contributed by atoms with Gasteiger partial charge in [-0.25, -0.2) is 0 Å². The minimum atomic E-state index is -0.188. The second-order valence-electron chi connectivity index (χ2n) is 3.31.